The number of carbonyl (C=O) groups is 6. The molecule has 19 nitrogen and oxygen atoms in total. The molecule has 2 atom stereocenters. The topological polar surface area (TPSA) is 235 Å². The lowest BCUT2D eigenvalue weighted by Crippen LogP contribution is -2.50. The highest BCUT2D eigenvalue weighted by Gasteiger charge is 2.46. The number of piperidine rings is 2. The molecule has 0 spiro atoms. The number of hydrogen-bond acceptors (Lipinski definition) is 17. The number of carbonyl (C=O) groups excluding carboxylic acids is 5. The molecule has 4 aromatic rings. The fourth-order valence-electron chi connectivity index (χ4n) is 11.5. The maximum absolute atomic E-state index is 14.2. The Hall–Kier alpha value is -8.42. The molecule has 4 aliphatic rings. The number of rotatable bonds is 17. The standard InChI is InChI=1S/C31H35F3N4O5.C16H15F3N2O4.C15H22N2O2/c1-19-26(29(40)42-3)28(21-16-23(32)27(34)24(33)17-21)38(20(2)36-19)18-25(39)35-12-15-37-13-10-31(11-14-37,30(41)43-4)22-8-6-5-7-9-22;1-7-13(16(24)25-3)15(21(6-12(22)23)8(2)20-7)9-4-10(17)14(19)11(18)5-9;1-19-14(18)15(13-5-3-2-4-6-13)7-10-17(11-8-15)12-9-16/h5-9,16-17,28H,10-15,18H2,1-4H3,(H,35,39);4-5,15H,6H2,1-3H3,(H,22,23);2-6H,7-12,16H2,1H3. The van der Waals surface area contributed by atoms with Gasteiger partial charge in [0.1, 0.15) is 18.2 Å². The van der Waals surface area contributed by atoms with Crippen molar-refractivity contribution in [3.8, 4) is 0 Å². The van der Waals surface area contributed by atoms with Gasteiger partial charge in [0.05, 0.1) is 80.4 Å². The number of esters is 4. The van der Waals surface area contributed by atoms with E-state index < -0.39 is 88.2 Å². The van der Waals surface area contributed by atoms with Crippen LogP contribution >= 0.6 is 0 Å². The summed E-state index contributed by atoms with van der Waals surface area (Å²) in [7, 11) is 5.13. The lowest BCUT2D eigenvalue weighted by molar-refractivity contribution is -0.150. The summed E-state index contributed by atoms with van der Waals surface area (Å²) in [4.78, 5) is 89.7. The number of likely N-dealkylation sites (tertiary alicyclic amines) is 2. The largest absolute Gasteiger partial charge is 0.480 e. The SMILES string of the molecule is COC(=O)C1(c2ccccc2)CCN(CCN)CC1.COC(=O)C1=C(C)N=C(C)N(CC(=O)NCCN2CCC(C(=O)OC)(c3ccccc3)CC2)C1c1cc(F)c(F)c(F)c1.COC(=O)C1=C(C)N=C(C)N(CC(=O)O)C1c1cc(F)c(F)c(F)c1. The van der Waals surface area contributed by atoms with Gasteiger partial charge in [0.2, 0.25) is 5.91 Å². The zero-order chi connectivity index (χ0) is 63.9. The summed E-state index contributed by atoms with van der Waals surface area (Å²) in [5.41, 5.74) is 6.51. The lowest BCUT2D eigenvalue weighted by Gasteiger charge is -2.40. The molecule has 4 aromatic carbocycles. The molecule has 468 valence electrons. The van der Waals surface area contributed by atoms with E-state index in [0.29, 0.717) is 63.5 Å². The van der Waals surface area contributed by atoms with Gasteiger partial charge in [-0.3, -0.25) is 19.2 Å². The van der Waals surface area contributed by atoms with Crippen LogP contribution in [0.25, 0.3) is 0 Å². The van der Waals surface area contributed by atoms with Gasteiger partial charge in [-0.1, -0.05) is 60.7 Å². The second kappa shape index (κ2) is 30.3. The molecular weight excluding hydrogens is 1150 g/mol. The average molecular weight is 1220 g/mol. The van der Waals surface area contributed by atoms with Crippen molar-refractivity contribution >= 4 is 47.4 Å². The van der Waals surface area contributed by atoms with Crippen molar-refractivity contribution in [2.45, 2.75) is 76.3 Å². The number of methoxy groups -OCH3 is 4. The second-order valence-electron chi connectivity index (χ2n) is 21.1. The van der Waals surface area contributed by atoms with Crippen molar-refractivity contribution in [2.24, 2.45) is 15.7 Å². The molecule has 2 saturated heterocycles. The minimum atomic E-state index is -1.66. The monoisotopic (exact) mass is 1220 g/mol. The summed E-state index contributed by atoms with van der Waals surface area (Å²) in [5, 5.41) is 12.0. The number of nitrogens with one attached hydrogen (secondary N) is 1. The van der Waals surface area contributed by atoms with Crippen LogP contribution in [0.1, 0.15) is 87.7 Å². The van der Waals surface area contributed by atoms with Crippen LogP contribution in [0, 0.1) is 34.9 Å². The third kappa shape index (κ3) is 15.6. The second-order valence-corrected chi connectivity index (χ2v) is 21.1. The number of halogens is 6. The number of amides is 1. The zero-order valence-electron chi connectivity index (χ0n) is 49.7. The summed E-state index contributed by atoms with van der Waals surface area (Å²) in [5.74, 6) is -12.2. The number of nitrogens with zero attached hydrogens (tertiary/aromatic N) is 6. The molecule has 4 N–H and O–H groups in total. The van der Waals surface area contributed by atoms with E-state index in [1.54, 1.807) is 13.8 Å². The van der Waals surface area contributed by atoms with Gasteiger partial charge in [-0.15, -0.1) is 0 Å². The summed E-state index contributed by atoms with van der Waals surface area (Å²) in [6.07, 6.45) is 2.72. The van der Waals surface area contributed by atoms with Crippen LogP contribution in [0.15, 0.2) is 117 Å². The molecule has 87 heavy (non-hydrogen) atoms. The molecule has 0 radical (unpaired) electrons. The molecule has 2 fully saturated rings. The van der Waals surface area contributed by atoms with Crippen molar-refractivity contribution < 1.29 is 79.2 Å². The number of allylic oxidation sites excluding steroid dienone is 2. The first kappa shape index (κ1) is 67.7. The molecule has 4 heterocycles. The summed E-state index contributed by atoms with van der Waals surface area (Å²) in [6.45, 7) is 10.6. The van der Waals surface area contributed by atoms with E-state index in [2.05, 4.69) is 29.8 Å². The Labute approximate surface area is 500 Å². The van der Waals surface area contributed by atoms with Crippen molar-refractivity contribution in [1.82, 2.24) is 24.9 Å². The zero-order valence-corrected chi connectivity index (χ0v) is 49.7. The molecule has 1 amide bonds. The molecule has 0 bridgehead atoms. The molecule has 8 rings (SSSR count). The molecule has 2 unspecified atom stereocenters. The minimum Gasteiger partial charge on any atom is -0.480 e. The third-order valence-corrected chi connectivity index (χ3v) is 15.9. The summed E-state index contributed by atoms with van der Waals surface area (Å²) < 4.78 is 103. The Kier molecular flexibility index (Phi) is 23.6. The maximum atomic E-state index is 14.2. The van der Waals surface area contributed by atoms with Crippen molar-refractivity contribution in [3.63, 3.8) is 0 Å². The lowest BCUT2D eigenvalue weighted by atomic mass is 9.72. The van der Waals surface area contributed by atoms with Crippen LogP contribution < -0.4 is 11.1 Å². The first-order valence-corrected chi connectivity index (χ1v) is 27.8. The number of carboxylic acid groups (broad SMARTS) is 1. The number of aliphatic imine (C=N–C) groups is 2. The minimum absolute atomic E-state index is 0.0212. The van der Waals surface area contributed by atoms with Gasteiger partial charge in [0, 0.05) is 26.2 Å². The Morgan fingerprint density at radius 3 is 1.25 bits per heavy atom. The number of amidine groups is 2. The van der Waals surface area contributed by atoms with Crippen LogP contribution in [0.2, 0.25) is 0 Å². The summed E-state index contributed by atoms with van der Waals surface area (Å²) in [6, 6.07) is 20.2. The van der Waals surface area contributed by atoms with Gasteiger partial charge in [0.25, 0.3) is 0 Å². The quantitative estimate of drug-likeness (QED) is 0.0410. The Bertz CT molecular complexity index is 3250. The van der Waals surface area contributed by atoms with Gasteiger partial charge in [-0.2, -0.15) is 0 Å². The van der Waals surface area contributed by atoms with Crippen molar-refractivity contribution in [2.75, 3.05) is 93.9 Å². The normalized spacial score (nSPS) is 18.4. The highest BCUT2D eigenvalue weighted by atomic mass is 19.2. The molecule has 25 heteroatoms. The van der Waals surface area contributed by atoms with E-state index >= 15 is 0 Å². The van der Waals surface area contributed by atoms with E-state index in [0.717, 1.165) is 70.0 Å². The number of aliphatic carboxylic acids is 1. The average Bonchev–Trinajstić information content (AvgIpc) is 2.38. The van der Waals surface area contributed by atoms with Gasteiger partial charge in [0.15, 0.2) is 34.9 Å². The van der Waals surface area contributed by atoms with Crippen LogP contribution in [0.4, 0.5) is 26.3 Å². The number of benzene rings is 4. The number of carboxylic acids is 1. The fourth-order valence-corrected chi connectivity index (χ4v) is 11.5. The number of nitrogens with two attached hydrogens (primary N) is 1. The Morgan fingerprint density at radius 1 is 0.563 bits per heavy atom. The highest BCUT2D eigenvalue weighted by Crippen LogP contribution is 2.41. The predicted molar refractivity (Wildman–Crippen MR) is 308 cm³/mol. The Morgan fingerprint density at radius 2 is 0.920 bits per heavy atom. The van der Waals surface area contributed by atoms with Crippen molar-refractivity contribution in [1.29, 1.82) is 0 Å². The van der Waals surface area contributed by atoms with E-state index in [9.17, 15) is 55.1 Å². The highest BCUT2D eigenvalue weighted by molar-refractivity contribution is 5.97. The van der Waals surface area contributed by atoms with Gasteiger partial charge in [-0.25, -0.2) is 45.9 Å². The van der Waals surface area contributed by atoms with Crippen LogP contribution in [-0.2, 0) is 58.5 Å². The smallest absolute Gasteiger partial charge is 0.338 e. The van der Waals surface area contributed by atoms with E-state index in [1.165, 1.54) is 37.9 Å². The molecule has 4 aliphatic heterocycles. The molecular formula is C62H72F6N8O11. The third-order valence-electron chi connectivity index (χ3n) is 15.9. The van der Waals surface area contributed by atoms with E-state index in [4.69, 9.17) is 25.1 Å². The molecule has 0 aromatic heterocycles. The first-order chi connectivity index (χ1) is 41.4. The van der Waals surface area contributed by atoms with Gasteiger partial charge < -0.3 is 54.7 Å². The Balaban J connectivity index is 0.000000231. The number of hydrogen-bond donors (Lipinski definition) is 3. The first-order valence-electron chi connectivity index (χ1n) is 27.8. The summed E-state index contributed by atoms with van der Waals surface area (Å²) >= 11 is 0. The molecule has 0 aliphatic carbocycles. The van der Waals surface area contributed by atoms with Gasteiger partial charge >= 0.3 is 29.8 Å². The van der Waals surface area contributed by atoms with E-state index in [-0.39, 0.29) is 58.0 Å². The van der Waals surface area contributed by atoms with Gasteiger partial charge in [-0.05, 0) is 126 Å². The van der Waals surface area contributed by atoms with Crippen LogP contribution in [0.3, 0.4) is 0 Å². The molecule has 0 saturated carbocycles. The van der Waals surface area contributed by atoms with Crippen molar-refractivity contribution in [3.05, 3.63) is 165 Å². The van der Waals surface area contributed by atoms with Crippen LogP contribution in [0.5, 0.6) is 0 Å². The fraction of sp³-hybridized carbons (Fsp3) is 0.419. The van der Waals surface area contributed by atoms with Crippen LogP contribution in [-0.4, -0.2) is 166 Å². The maximum Gasteiger partial charge on any atom is 0.338 e. The number of ether oxygens (including phenoxy) is 4. The predicted octanol–water partition coefficient (Wildman–Crippen LogP) is 7.21. The van der Waals surface area contributed by atoms with E-state index in [1.807, 2.05) is 60.7 Å².